The predicted molar refractivity (Wildman–Crippen MR) is 218 cm³/mol. The van der Waals surface area contributed by atoms with E-state index in [2.05, 4.69) is 217 Å². The van der Waals surface area contributed by atoms with Crippen LogP contribution in [0, 0.1) is 0 Å². The highest BCUT2D eigenvalue weighted by Gasteiger charge is 2.17. The van der Waals surface area contributed by atoms with Gasteiger partial charge in [0.25, 0.3) is 0 Å². The first kappa shape index (κ1) is 30.4. The van der Waals surface area contributed by atoms with Crippen LogP contribution in [0.3, 0.4) is 0 Å². The molecule has 0 heterocycles. The van der Waals surface area contributed by atoms with E-state index in [1.54, 1.807) is 0 Å². The van der Waals surface area contributed by atoms with E-state index in [-0.39, 0.29) is 0 Å². The number of anilines is 3. The molecule has 0 aromatic heterocycles. The molecule has 0 fully saturated rings. The van der Waals surface area contributed by atoms with Gasteiger partial charge in [0.15, 0.2) is 0 Å². The zero-order chi connectivity index (χ0) is 34.0. The second kappa shape index (κ2) is 13.3. The SMILES string of the molecule is c1ccc(-c2ccccc2-c2ccc(N(c3cccc(-c4cccc(-c5cccc6ccccc56)c4)c3)c3cccc4ccccc34)cc2)cc1. The Bertz CT molecular complexity index is 2630. The molecule has 0 spiro atoms. The molecule has 0 saturated carbocycles. The van der Waals surface area contributed by atoms with Gasteiger partial charge < -0.3 is 4.90 Å². The third-order valence-corrected chi connectivity index (χ3v) is 9.86. The van der Waals surface area contributed by atoms with Crippen molar-refractivity contribution in [2.45, 2.75) is 0 Å². The maximum atomic E-state index is 2.40. The van der Waals surface area contributed by atoms with Gasteiger partial charge in [0.2, 0.25) is 0 Å². The summed E-state index contributed by atoms with van der Waals surface area (Å²) in [6.45, 7) is 0. The van der Waals surface area contributed by atoms with Crippen LogP contribution < -0.4 is 4.90 Å². The lowest BCUT2D eigenvalue weighted by molar-refractivity contribution is 1.30. The largest absolute Gasteiger partial charge is 0.310 e. The molecule has 0 atom stereocenters. The third kappa shape index (κ3) is 5.86. The highest BCUT2D eigenvalue weighted by molar-refractivity contribution is 6.00. The minimum atomic E-state index is 1.11. The predicted octanol–water partition coefficient (Wildman–Crippen LogP) is 14.1. The minimum Gasteiger partial charge on any atom is -0.310 e. The Hall–Kier alpha value is -6.70. The molecule has 51 heavy (non-hydrogen) atoms. The highest BCUT2D eigenvalue weighted by Crippen LogP contribution is 2.42. The van der Waals surface area contributed by atoms with Crippen LogP contribution in [0.2, 0.25) is 0 Å². The molecule has 0 N–H and O–H groups in total. The summed E-state index contributed by atoms with van der Waals surface area (Å²) in [5, 5.41) is 4.94. The lowest BCUT2D eigenvalue weighted by Crippen LogP contribution is -2.10. The van der Waals surface area contributed by atoms with Crippen molar-refractivity contribution in [2.24, 2.45) is 0 Å². The van der Waals surface area contributed by atoms with Gasteiger partial charge >= 0.3 is 0 Å². The van der Waals surface area contributed by atoms with E-state index in [0.29, 0.717) is 0 Å². The van der Waals surface area contributed by atoms with Crippen molar-refractivity contribution in [3.05, 3.63) is 212 Å². The van der Waals surface area contributed by atoms with Crippen LogP contribution in [-0.2, 0) is 0 Å². The number of benzene rings is 9. The zero-order valence-corrected chi connectivity index (χ0v) is 28.2. The Morgan fingerprint density at radius 1 is 0.255 bits per heavy atom. The minimum absolute atomic E-state index is 1.11. The molecule has 0 amide bonds. The van der Waals surface area contributed by atoms with Crippen LogP contribution in [0.1, 0.15) is 0 Å². The van der Waals surface area contributed by atoms with E-state index in [1.807, 2.05) is 0 Å². The molecule has 1 heteroatoms. The standard InChI is InChI=1S/C50H35N/c1-2-14-36(15-3-1)45-25-8-9-26-47(45)39-30-32-43(33-31-39)51(50-29-13-19-38-17-5-7-27-49(38)50)44-23-11-21-41(35-44)40-20-10-22-42(34-40)48-28-12-18-37-16-4-6-24-46(37)48/h1-35H. The van der Waals surface area contributed by atoms with Gasteiger partial charge in [-0.3, -0.25) is 0 Å². The molecule has 240 valence electrons. The van der Waals surface area contributed by atoms with Crippen molar-refractivity contribution >= 4 is 38.6 Å². The molecule has 9 aromatic carbocycles. The van der Waals surface area contributed by atoms with Crippen molar-refractivity contribution < 1.29 is 0 Å². The first-order valence-corrected chi connectivity index (χ1v) is 17.5. The number of fused-ring (bicyclic) bond motifs is 2. The lowest BCUT2D eigenvalue weighted by atomic mass is 9.94. The summed E-state index contributed by atoms with van der Waals surface area (Å²) in [4.78, 5) is 2.40. The van der Waals surface area contributed by atoms with Gasteiger partial charge in [-0.15, -0.1) is 0 Å². The molecule has 9 aromatic rings. The molecule has 9 rings (SSSR count). The topological polar surface area (TPSA) is 3.24 Å². The third-order valence-electron chi connectivity index (χ3n) is 9.86. The van der Waals surface area contributed by atoms with Gasteiger partial charge in [-0.1, -0.05) is 176 Å². The highest BCUT2D eigenvalue weighted by atomic mass is 15.1. The summed E-state index contributed by atoms with van der Waals surface area (Å²) in [6, 6.07) is 76.6. The molecule has 0 aliphatic carbocycles. The Labute approximate surface area is 299 Å². The van der Waals surface area contributed by atoms with Gasteiger partial charge in [-0.2, -0.15) is 0 Å². The molecule has 0 unspecified atom stereocenters. The quantitative estimate of drug-likeness (QED) is 0.166. The van der Waals surface area contributed by atoms with Gasteiger partial charge in [-0.05, 0) is 97.1 Å². The first-order valence-electron chi connectivity index (χ1n) is 17.5. The summed E-state index contributed by atoms with van der Waals surface area (Å²) in [7, 11) is 0. The summed E-state index contributed by atoms with van der Waals surface area (Å²) >= 11 is 0. The first-order chi connectivity index (χ1) is 25.3. The van der Waals surface area contributed by atoms with E-state index in [1.165, 1.54) is 66.1 Å². The molecule has 0 radical (unpaired) electrons. The number of hydrogen-bond donors (Lipinski definition) is 0. The van der Waals surface area contributed by atoms with Crippen LogP contribution in [0.15, 0.2) is 212 Å². The van der Waals surface area contributed by atoms with E-state index in [0.717, 1.165) is 17.1 Å². The fourth-order valence-electron chi connectivity index (χ4n) is 7.39. The normalized spacial score (nSPS) is 11.1. The van der Waals surface area contributed by atoms with E-state index < -0.39 is 0 Å². The van der Waals surface area contributed by atoms with Gasteiger partial charge in [0.05, 0.1) is 5.69 Å². The fourth-order valence-corrected chi connectivity index (χ4v) is 7.39. The van der Waals surface area contributed by atoms with Gasteiger partial charge in [-0.25, -0.2) is 0 Å². The molecule has 0 bridgehead atoms. The molecule has 0 saturated heterocycles. The Morgan fingerprint density at radius 2 is 0.745 bits per heavy atom. The average molecular weight is 650 g/mol. The van der Waals surface area contributed by atoms with Crippen molar-refractivity contribution in [3.8, 4) is 44.5 Å². The van der Waals surface area contributed by atoms with Gasteiger partial charge in [0.1, 0.15) is 0 Å². The van der Waals surface area contributed by atoms with Crippen LogP contribution in [0.25, 0.3) is 66.1 Å². The molecule has 0 aliphatic heterocycles. The molecular formula is C50H35N. The van der Waals surface area contributed by atoms with Crippen molar-refractivity contribution in [2.75, 3.05) is 4.90 Å². The molecule has 0 aliphatic rings. The maximum absolute atomic E-state index is 2.40. The Balaban J connectivity index is 1.15. The van der Waals surface area contributed by atoms with E-state index in [4.69, 9.17) is 0 Å². The van der Waals surface area contributed by atoms with E-state index in [9.17, 15) is 0 Å². The summed E-state index contributed by atoms with van der Waals surface area (Å²) in [6.07, 6.45) is 0. The average Bonchev–Trinajstić information content (AvgIpc) is 3.22. The summed E-state index contributed by atoms with van der Waals surface area (Å²) in [5.74, 6) is 0. The summed E-state index contributed by atoms with van der Waals surface area (Å²) in [5.41, 5.74) is 13.0. The fraction of sp³-hybridized carbons (Fsp3) is 0. The number of rotatable bonds is 7. The van der Waals surface area contributed by atoms with Crippen molar-refractivity contribution in [3.63, 3.8) is 0 Å². The van der Waals surface area contributed by atoms with Crippen LogP contribution >= 0.6 is 0 Å². The van der Waals surface area contributed by atoms with Crippen molar-refractivity contribution in [1.82, 2.24) is 0 Å². The van der Waals surface area contributed by atoms with Crippen LogP contribution in [-0.4, -0.2) is 0 Å². The molecular weight excluding hydrogens is 615 g/mol. The Kier molecular flexibility index (Phi) is 7.92. The zero-order valence-electron chi connectivity index (χ0n) is 28.2. The van der Waals surface area contributed by atoms with Crippen LogP contribution in [0.5, 0.6) is 0 Å². The van der Waals surface area contributed by atoms with Crippen molar-refractivity contribution in [1.29, 1.82) is 0 Å². The van der Waals surface area contributed by atoms with Gasteiger partial charge in [0, 0.05) is 16.8 Å². The lowest BCUT2D eigenvalue weighted by Gasteiger charge is -2.27. The second-order valence-electron chi connectivity index (χ2n) is 13.0. The smallest absolute Gasteiger partial charge is 0.0540 e. The Morgan fingerprint density at radius 3 is 1.51 bits per heavy atom. The number of nitrogens with zero attached hydrogens (tertiary/aromatic N) is 1. The summed E-state index contributed by atoms with van der Waals surface area (Å²) < 4.78 is 0. The monoisotopic (exact) mass is 649 g/mol. The number of hydrogen-bond acceptors (Lipinski definition) is 1. The second-order valence-corrected chi connectivity index (χ2v) is 13.0. The molecule has 1 nitrogen and oxygen atoms in total. The van der Waals surface area contributed by atoms with Crippen LogP contribution in [0.4, 0.5) is 17.1 Å². The maximum Gasteiger partial charge on any atom is 0.0540 e. The van der Waals surface area contributed by atoms with E-state index >= 15 is 0 Å².